The van der Waals surface area contributed by atoms with Crippen LogP contribution in [0.5, 0.6) is 5.75 Å². The van der Waals surface area contributed by atoms with E-state index in [2.05, 4.69) is 10.1 Å². The normalized spacial score (nSPS) is 10.7. The van der Waals surface area contributed by atoms with Crippen molar-refractivity contribution in [3.05, 3.63) is 64.8 Å². The molecule has 140 valence electrons. The molecule has 0 saturated carbocycles. The van der Waals surface area contributed by atoms with Gasteiger partial charge in [0.25, 0.3) is 5.89 Å². The van der Waals surface area contributed by atoms with Crippen LogP contribution < -0.4 is 4.74 Å². The molecular formula is C20H19FN2O4. The van der Waals surface area contributed by atoms with E-state index in [0.717, 1.165) is 11.1 Å². The topological polar surface area (TPSA) is 74.5 Å². The van der Waals surface area contributed by atoms with Crippen molar-refractivity contribution < 1.29 is 23.2 Å². The third kappa shape index (κ3) is 4.49. The molecule has 0 N–H and O–H groups in total. The van der Waals surface area contributed by atoms with Crippen molar-refractivity contribution in [2.45, 2.75) is 27.4 Å². The highest BCUT2D eigenvalue weighted by atomic mass is 19.1. The third-order valence-corrected chi connectivity index (χ3v) is 4.00. The number of halogens is 1. The van der Waals surface area contributed by atoms with E-state index in [1.165, 1.54) is 6.07 Å². The number of esters is 1. The SMILES string of the molecule is Cc1ccc(-c2noc(COC(=O)COc3c(C)cccc3C)n2)cc1F. The quantitative estimate of drug-likeness (QED) is 0.612. The van der Waals surface area contributed by atoms with Gasteiger partial charge in [-0.15, -0.1) is 0 Å². The Labute approximate surface area is 155 Å². The number of ether oxygens (including phenoxy) is 2. The zero-order chi connectivity index (χ0) is 19.4. The number of para-hydroxylation sites is 1. The lowest BCUT2D eigenvalue weighted by Gasteiger charge is -2.10. The molecule has 0 aliphatic carbocycles. The van der Waals surface area contributed by atoms with Gasteiger partial charge >= 0.3 is 5.97 Å². The molecule has 0 amide bonds. The maximum Gasteiger partial charge on any atom is 0.344 e. The van der Waals surface area contributed by atoms with Crippen molar-refractivity contribution in [2.24, 2.45) is 0 Å². The number of nitrogens with zero attached hydrogens (tertiary/aromatic N) is 2. The van der Waals surface area contributed by atoms with Gasteiger partial charge in [0.15, 0.2) is 13.2 Å². The first-order chi connectivity index (χ1) is 12.9. The van der Waals surface area contributed by atoms with Crippen LogP contribution in [0, 0.1) is 26.6 Å². The Hall–Kier alpha value is -3.22. The number of rotatable bonds is 6. The van der Waals surface area contributed by atoms with E-state index >= 15 is 0 Å². The van der Waals surface area contributed by atoms with Crippen LogP contribution in [-0.4, -0.2) is 22.7 Å². The summed E-state index contributed by atoms with van der Waals surface area (Å²) in [5.74, 6) is 0.0989. The predicted molar refractivity (Wildman–Crippen MR) is 95.6 cm³/mol. The van der Waals surface area contributed by atoms with E-state index < -0.39 is 5.97 Å². The van der Waals surface area contributed by atoms with Crippen LogP contribution in [0.15, 0.2) is 40.9 Å². The molecule has 0 spiro atoms. The molecule has 0 fully saturated rings. The van der Waals surface area contributed by atoms with Crippen molar-refractivity contribution in [2.75, 3.05) is 6.61 Å². The Kier molecular flexibility index (Phi) is 5.49. The van der Waals surface area contributed by atoms with Gasteiger partial charge in [0, 0.05) is 5.56 Å². The number of carbonyl (C=O) groups is 1. The highest BCUT2D eigenvalue weighted by Crippen LogP contribution is 2.22. The summed E-state index contributed by atoms with van der Waals surface area (Å²) in [7, 11) is 0. The fourth-order valence-electron chi connectivity index (χ4n) is 2.50. The Morgan fingerprint density at radius 3 is 2.56 bits per heavy atom. The summed E-state index contributed by atoms with van der Waals surface area (Å²) in [4.78, 5) is 16.0. The largest absolute Gasteiger partial charge is 0.481 e. The summed E-state index contributed by atoms with van der Waals surface area (Å²) >= 11 is 0. The second-order valence-corrected chi connectivity index (χ2v) is 6.15. The molecular weight excluding hydrogens is 351 g/mol. The number of aryl methyl sites for hydroxylation is 3. The summed E-state index contributed by atoms with van der Waals surface area (Å²) in [5, 5.41) is 3.78. The highest BCUT2D eigenvalue weighted by Gasteiger charge is 2.13. The minimum absolute atomic E-state index is 0.117. The predicted octanol–water partition coefficient (Wildman–Crippen LogP) is 3.92. The Morgan fingerprint density at radius 2 is 1.85 bits per heavy atom. The van der Waals surface area contributed by atoms with Crippen molar-refractivity contribution in [1.29, 1.82) is 0 Å². The minimum atomic E-state index is -0.557. The van der Waals surface area contributed by atoms with Crippen molar-refractivity contribution >= 4 is 5.97 Å². The Bertz CT molecular complexity index is 948. The first kappa shape index (κ1) is 18.6. The maximum absolute atomic E-state index is 13.6. The van der Waals surface area contributed by atoms with Gasteiger partial charge in [-0.1, -0.05) is 35.5 Å². The number of carbonyl (C=O) groups excluding carboxylic acids is 1. The first-order valence-corrected chi connectivity index (χ1v) is 8.38. The average molecular weight is 370 g/mol. The van der Waals surface area contributed by atoms with Gasteiger partial charge in [-0.3, -0.25) is 0 Å². The zero-order valence-corrected chi connectivity index (χ0v) is 15.3. The van der Waals surface area contributed by atoms with Crippen LogP contribution in [0.25, 0.3) is 11.4 Å². The van der Waals surface area contributed by atoms with Crippen molar-refractivity contribution in [3.63, 3.8) is 0 Å². The summed E-state index contributed by atoms with van der Waals surface area (Å²) in [5.41, 5.74) is 2.89. The lowest BCUT2D eigenvalue weighted by molar-refractivity contribution is -0.148. The van der Waals surface area contributed by atoms with Gasteiger partial charge in [0.05, 0.1) is 0 Å². The Morgan fingerprint density at radius 1 is 1.11 bits per heavy atom. The van der Waals surface area contributed by atoms with Crippen LogP contribution in [-0.2, 0) is 16.1 Å². The standard InChI is InChI=1S/C20H19FN2O4/c1-12-7-8-15(9-16(12)21)20-22-17(27-23-20)10-25-18(24)11-26-19-13(2)5-4-6-14(19)3/h4-9H,10-11H2,1-3H3. The molecule has 2 aromatic carbocycles. The van der Waals surface area contributed by atoms with Crippen LogP contribution in [0.4, 0.5) is 4.39 Å². The molecule has 0 aliphatic rings. The number of hydrogen-bond acceptors (Lipinski definition) is 6. The van der Waals surface area contributed by atoms with E-state index in [-0.39, 0.29) is 30.7 Å². The second kappa shape index (κ2) is 7.99. The summed E-state index contributed by atoms with van der Waals surface area (Å²) in [6.45, 7) is 5.07. The zero-order valence-electron chi connectivity index (χ0n) is 15.3. The highest BCUT2D eigenvalue weighted by molar-refractivity contribution is 5.71. The summed E-state index contributed by atoms with van der Waals surface area (Å²) < 4.78 is 29.3. The first-order valence-electron chi connectivity index (χ1n) is 8.38. The lowest BCUT2D eigenvalue weighted by Crippen LogP contribution is -2.15. The maximum atomic E-state index is 13.6. The van der Waals surface area contributed by atoms with Crippen molar-refractivity contribution in [1.82, 2.24) is 10.1 Å². The minimum Gasteiger partial charge on any atom is -0.481 e. The molecule has 6 nitrogen and oxygen atoms in total. The van der Waals surface area contributed by atoms with E-state index in [9.17, 15) is 9.18 Å². The van der Waals surface area contributed by atoms with Gasteiger partial charge in [-0.05, 0) is 43.5 Å². The second-order valence-electron chi connectivity index (χ2n) is 6.15. The van der Waals surface area contributed by atoms with Gasteiger partial charge in [-0.2, -0.15) is 4.98 Å². The van der Waals surface area contributed by atoms with Gasteiger partial charge in [0.2, 0.25) is 5.82 Å². The van der Waals surface area contributed by atoms with E-state index in [1.54, 1.807) is 19.1 Å². The molecule has 27 heavy (non-hydrogen) atoms. The molecule has 3 aromatic rings. The average Bonchev–Trinajstić information content (AvgIpc) is 3.11. The number of aromatic nitrogens is 2. The van der Waals surface area contributed by atoms with Gasteiger partial charge < -0.3 is 14.0 Å². The van der Waals surface area contributed by atoms with Crippen LogP contribution in [0.1, 0.15) is 22.6 Å². The molecule has 7 heteroatoms. The fourth-order valence-corrected chi connectivity index (χ4v) is 2.50. The molecule has 0 saturated heterocycles. The lowest BCUT2D eigenvalue weighted by atomic mass is 10.1. The van der Waals surface area contributed by atoms with Crippen LogP contribution >= 0.6 is 0 Å². The van der Waals surface area contributed by atoms with E-state index in [0.29, 0.717) is 16.9 Å². The summed E-state index contributed by atoms with van der Waals surface area (Å²) in [6, 6.07) is 10.4. The smallest absolute Gasteiger partial charge is 0.344 e. The van der Waals surface area contributed by atoms with E-state index in [1.807, 2.05) is 32.0 Å². The van der Waals surface area contributed by atoms with Crippen LogP contribution in [0.2, 0.25) is 0 Å². The fraction of sp³-hybridized carbons (Fsp3) is 0.250. The molecule has 3 rings (SSSR count). The molecule has 1 aromatic heterocycles. The van der Waals surface area contributed by atoms with Gasteiger partial charge in [0.1, 0.15) is 11.6 Å². The van der Waals surface area contributed by atoms with Crippen LogP contribution in [0.3, 0.4) is 0 Å². The van der Waals surface area contributed by atoms with Gasteiger partial charge in [-0.25, -0.2) is 9.18 Å². The molecule has 0 atom stereocenters. The monoisotopic (exact) mass is 370 g/mol. The number of benzene rings is 2. The molecule has 0 radical (unpaired) electrons. The molecule has 0 unspecified atom stereocenters. The summed E-state index contributed by atoms with van der Waals surface area (Å²) in [6.07, 6.45) is 0. The molecule has 0 bridgehead atoms. The number of hydrogen-bond donors (Lipinski definition) is 0. The molecule has 1 heterocycles. The third-order valence-electron chi connectivity index (χ3n) is 4.00. The van der Waals surface area contributed by atoms with E-state index in [4.69, 9.17) is 14.0 Å². The van der Waals surface area contributed by atoms with Crippen molar-refractivity contribution in [3.8, 4) is 17.1 Å². The Balaban J connectivity index is 1.55. The molecule has 0 aliphatic heterocycles.